The average molecular weight is 398 g/mol. The number of ether oxygens (including phenoxy) is 1. The fraction of sp³-hybridized carbons (Fsp3) is 0.238. The molecule has 146 valence electrons. The summed E-state index contributed by atoms with van der Waals surface area (Å²) in [6.07, 6.45) is 1.44. The molecule has 6 nitrogen and oxygen atoms in total. The number of hydrogen-bond acceptors (Lipinski definition) is 5. The molecular weight excluding hydrogens is 376 g/mol. The molecule has 0 spiro atoms. The number of amides is 2. The van der Waals surface area contributed by atoms with Crippen LogP contribution in [0.3, 0.4) is 0 Å². The van der Waals surface area contributed by atoms with Crippen molar-refractivity contribution in [3.63, 3.8) is 0 Å². The van der Waals surface area contributed by atoms with Crippen molar-refractivity contribution in [1.82, 2.24) is 4.90 Å². The first-order valence-electron chi connectivity index (χ1n) is 8.77. The molecule has 1 unspecified atom stereocenters. The molecule has 3 rings (SSSR count). The van der Waals surface area contributed by atoms with Gasteiger partial charge in [-0.3, -0.25) is 9.59 Å². The van der Waals surface area contributed by atoms with Gasteiger partial charge in [0.25, 0.3) is 11.8 Å². The summed E-state index contributed by atoms with van der Waals surface area (Å²) >= 11 is 1.25. The molecule has 7 heteroatoms. The molecule has 0 aliphatic heterocycles. The second kappa shape index (κ2) is 8.31. The highest BCUT2D eigenvalue weighted by Gasteiger charge is 2.24. The minimum absolute atomic E-state index is 0.112. The van der Waals surface area contributed by atoms with Crippen LogP contribution < -0.4 is 10.1 Å². The number of nitrogens with zero attached hydrogens (tertiary/aromatic N) is 1. The summed E-state index contributed by atoms with van der Waals surface area (Å²) in [6.45, 7) is 3.81. The third-order valence-electron chi connectivity index (χ3n) is 4.58. The van der Waals surface area contributed by atoms with E-state index in [9.17, 15) is 9.59 Å². The van der Waals surface area contributed by atoms with Gasteiger partial charge in [0.15, 0.2) is 5.76 Å². The maximum absolute atomic E-state index is 13.1. The first kappa shape index (κ1) is 19.7. The van der Waals surface area contributed by atoms with Crippen LogP contribution >= 0.6 is 11.3 Å². The Hall–Kier alpha value is -3.06. The molecule has 1 atom stereocenters. The Morgan fingerprint density at radius 1 is 1.21 bits per heavy atom. The number of rotatable bonds is 6. The van der Waals surface area contributed by atoms with E-state index in [4.69, 9.17) is 9.15 Å². The number of nitrogens with one attached hydrogen (secondary N) is 1. The van der Waals surface area contributed by atoms with Gasteiger partial charge in [-0.1, -0.05) is 18.2 Å². The fourth-order valence-corrected chi connectivity index (χ4v) is 3.94. The van der Waals surface area contributed by atoms with Crippen molar-refractivity contribution in [3.05, 3.63) is 70.5 Å². The lowest BCUT2D eigenvalue weighted by Crippen LogP contribution is -2.29. The van der Waals surface area contributed by atoms with Crippen LogP contribution in [-0.2, 0) is 0 Å². The van der Waals surface area contributed by atoms with Crippen molar-refractivity contribution in [2.45, 2.75) is 19.9 Å². The second-order valence-corrected chi connectivity index (χ2v) is 7.44. The molecule has 3 aromatic rings. The first-order valence-corrected chi connectivity index (χ1v) is 9.59. The Bertz CT molecular complexity index is 978. The normalized spacial score (nSPS) is 11.7. The van der Waals surface area contributed by atoms with Gasteiger partial charge in [-0.05, 0) is 43.7 Å². The summed E-state index contributed by atoms with van der Waals surface area (Å²) < 4.78 is 10.5. The minimum Gasteiger partial charge on any atom is -0.496 e. The van der Waals surface area contributed by atoms with Gasteiger partial charge >= 0.3 is 0 Å². The largest absolute Gasteiger partial charge is 0.496 e. The van der Waals surface area contributed by atoms with Crippen molar-refractivity contribution >= 4 is 28.2 Å². The smallest absolute Gasteiger partial charge is 0.291 e. The zero-order valence-corrected chi connectivity index (χ0v) is 17.0. The zero-order chi connectivity index (χ0) is 20.3. The first-order chi connectivity index (χ1) is 13.4. The van der Waals surface area contributed by atoms with Crippen LogP contribution in [0, 0.1) is 6.92 Å². The molecule has 0 bridgehead atoms. The van der Waals surface area contributed by atoms with E-state index in [1.54, 1.807) is 37.3 Å². The van der Waals surface area contributed by atoms with Gasteiger partial charge in [0, 0.05) is 12.6 Å². The van der Waals surface area contributed by atoms with Crippen LogP contribution in [0.15, 0.2) is 53.1 Å². The van der Waals surface area contributed by atoms with Crippen molar-refractivity contribution in [3.8, 4) is 5.75 Å². The highest BCUT2D eigenvalue weighted by molar-refractivity contribution is 7.18. The zero-order valence-electron chi connectivity index (χ0n) is 16.2. The lowest BCUT2D eigenvalue weighted by molar-refractivity contribution is 0.0745. The van der Waals surface area contributed by atoms with Crippen LogP contribution in [0.25, 0.3) is 0 Å². The van der Waals surface area contributed by atoms with Crippen molar-refractivity contribution in [2.75, 3.05) is 19.5 Å². The molecule has 0 radical (unpaired) electrons. The maximum atomic E-state index is 13.1. The molecule has 0 saturated heterocycles. The number of furan rings is 1. The minimum atomic E-state index is -0.346. The van der Waals surface area contributed by atoms with Gasteiger partial charge in [0.2, 0.25) is 0 Å². The van der Waals surface area contributed by atoms with E-state index in [-0.39, 0.29) is 23.6 Å². The fourth-order valence-electron chi connectivity index (χ4n) is 2.89. The number of thiophene rings is 1. The number of anilines is 1. The van der Waals surface area contributed by atoms with Crippen molar-refractivity contribution in [1.29, 1.82) is 0 Å². The predicted molar refractivity (Wildman–Crippen MR) is 109 cm³/mol. The molecule has 2 heterocycles. The summed E-state index contributed by atoms with van der Waals surface area (Å²) in [5.74, 6) is 0.505. The molecule has 1 N–H and O–H groups in total. The Morgan fingerprint density at radius 2 is 1.96 bits per heavy atom. The lowest BCUT2D eigenvalue weighted by Gasteiger charge is -2.26. The van der Waals surface area contributed by atoms with Crippen LogP contribution in [0.1, 0.15) is 44.3 Å². The second-order valence-electron chi connectivity index (χ2n) is 6.39. The van der Waals surface area contributed by atoms with E-state index in [0.717, 1.165) is 16.9 Å². The number of methoxy groups -OCH3 is 1. The van der Waals surface area contributed by atoms with Crippen molar-refractivity contribution in [2.24, 2.45) is 0 Å². The number of hydrogen-bond donors (Lipinski definition) is 1. The van der Waals surface area contributed by atoms with E-state index in [1.165, 1.54) is 17.6 Å². The standard InChI is InChI=1S/C21H22N2O4S/c1-13-12-18(22-20(24)17-10-7-11-27-17)28-19(13)21(25)23(3)14(2)15-8-5-6-9-16(15)26-4/h5-12,14H,1-4H3,(H,22,24). The SMILES string of the molecule is COc1ccccc1C(C)N(C)C(=O)c1sc(NC(=O)c2ccco2)cc1C. The Balaban J connectivity index is 1.78. The summed E-state index contributed by atoms with van der Waals surface area (Å²) in [4.78, 5) is 27.5. The quantitative estimate of drug-likeness (QED) is 0.651. The monoisotopic (exact) mass is 398 g/mol. The van der Waals surface area contributed by atoms with Crippen LogP contribution in [-0.4, -0.2) is 30.9 Å². The van der Waals surface area contributed by atoms with E-state index < -0.39 is 0 Å². The maximum Gasteiger partial charge on any atom is 0.291 e. The van der Waals surface area contributed by atoms with Gasteiger partial charge in [-0.15, -0.1) is 11.3 Å². The molecule has 2 aromatic heterocycles. The van der Waals surface area contributed by atoms with Crippen molar-refractivity contribution < 1.29 is 18.7 Å². The number of benzene rings is 1. The summed E-state index contributed by atoms with van der Waals surface area (Å²) in [5, 5.41) is 3.37. The average Bonchev–Trinajstić information content (AvgIpc) is 3.36. The van der Waals surface area contributed by atoms with Crippen LogP contribution in [0.2, 0.25) is 0 Å². The van der Waals surface area contributed by atoms with E-state index in [2.05, 4.69) is 5.32 Å². The highest BCUT2D eigenvalue weighted by atomic mass is 32.1. The van der Waals surface area contributed by atoms with Gasteiger partial charge in [-0.25, -0.2) is 0 Å². The van der Waals surface area contributed by atoms with Gasteiger partial charge in [-0.2, -0.15) is 0 Å². The number of carbonyl (C=O) groups is 2. The third kappa shape index (κ3) is 3.94. The molecule has 28 heavy (non-hydrogen) atoms. The molecular formula is C21H22N2O4S. The van der Waals surface area contributed by atoms with Gasteiger partial charge in [0.1, 0.15) is 5.75 Å². The molecule has 0 saturated carbocycles. The van der Waals surface area contributed by atoms with E-state index in [1.807, 2.05) is 38.1 Å². The molecule has 2 amide bonds. The Morgan fingerprint density at radius 3 is 2.64 bits per heavy atom. The summed E-state index contributed by atoms with van der Waals surface area (Å²) in [6, 6.07) is 12.5. The summed E-state index contributed by atoms with van der Waals surface area (Å²) in [7, 11) is 3.38. The highest BCUT2D eigenvalue weighted by Crippen LogP contribution is 2.32. The summed E-state index contributed by atoms with van der Waals surface area (Å²) in [5.41, 5.74) is 1.74. The molecule has 0 aliphatic carbocycles. The van der Waals surface area contributed by atoms with Crippen LogP contribution in [0.5, 0.6) is 5.75 Å². The molecule has 0 fully saturated rings. The Kier molecular flexibility index (Phi) is 5.84. The topological polar surface area (TPSA) is 71.8 Å². The molecule has 1 aromatic carbocycles. The van der Waals surface area contributed by atoms with E-state index >= 15 is 0 Å². The van der Waals surface area contributed by atoms with Gasteiger partial charge in [0.05, 0.1) is 29.3 Å². The lowest BCUT2D eigenvalue weighted by atomic mass is 10.1. The predicted octanol–water partition coefficient (Wildman–Crippen LogP) is 4.74. The van der Waals surface area contributed by atoms with Gasteiger partial charge < -0.3 is 19.4 Å². The number of para-hydroxylation sites is 1. The Labute approximate surface area is 167 Å². The van der Waals surface area contributed by atoms with E-state index in [0.29, 0.717) is 9.88 Å². The number of carbonyl (C=O) groups excluding carboxylic acids is 2. The molecule has 0 aliphatic rings. The number of aryl methyl sites for hydroxylation is 1. The van der Waals surface area contributed by atoms with Crippen LogP contribution in [0.4, 0.5) is 5.00 Å². The third-order valence-corrected chi connectivity index (χ3v) is 5.72.